The Labute approximate surface area is 119 Å². The van der Waals surface area contributed by atoms with Crippen molar-refractivity contribution in [3.63, 3.8) is 0 Å². The van der Waals surface area contributed by atoms with Gasteiger partial charge in [-0.25, -0.2) is 0 Å². The van der Waals surface area contributed by atoms with Gasteiger partial charge in [-0.3, -0.25) is 4.79 Å². The fourth-order valence-corrected chi connectivity index (χ4v) is 2.89. The second kappa shape index (κ2) is 6.92. The van der Waals surface area contributed by atoms with Gasteiger partial charge in [0.25, 0.3) is 0 Å². The first-order chi connectivity index (χ1) is 9.20. The predicted molar refractivity (Wildman–Crippen MR) is 78.4 cm³/mol. The molecule has 0 atom stereocenters. The van der Waals surface area contributed by atoms with Crippen LogP contribution in [0.15, 0.2) is 24.3 Å². The summed E-state index contributed by atoms with van der Waals surface area (Å²) < 4.78 is 0. The molecule has 0 radical (unpaired) electrons. The highest BCUT2D eigenvalue weighted by molar-refractivity contribution is 6.30. The smallest absolute Gasteiger partial charge is 0.227 e. The van der Waals surface area contributed by atoms with Crippen molar-refractivity contribution in [3.05, 3.63) is 34.9 Å². The third-order valence-corrected chi connectivity index (χ3v) is 3.89. The van der Waals surface area contributed by atoms with Gasteiger partial charge in [-0.2, -0.15) is 0 Å². The van der Waals surface area contributed by atoms with E-state index >= 15 is 0 Å². The van der Waals surface area contributed by atoms with Crippen molar-refractivity contribution in [2.45, 2.75) is 32.2 Å². The van der Waals surface area contributed by atoms with Crippen LogP contribution in [0.4, 0.5) is 0 Å². The average Bonchev–Trinajstić information content (AvgIpc) is 2.41. The lowest BCUT2D eigenvalue weighted by molar-refractivity contribution is -0.133. The highest BCUT2D eigenvalue weighted by Gasteiger charge is 2.23. The number of nitrogens with zero attached hydrogens (tertiary/aromatic N) is 1. The maximum atomic E-state index is 12.4. The molecular weight excluding hydrogens is 260 g/mol. The fourth-order valence-electron chi connectivity index (χ4n) is 2.68. The Bertz CT molecular complexity index is 430. The summed E-state index contributed by atoms with van der Waals surface area (Å²) in [7, 11) is 0. The van der Waals surface area contributed by atoms with E-state index in [0.717, 1.165) is 38.0 Å². The Kier molecular flexibility index (Phi) is 5.23. The largest absolute Gasteiger partial charge is 0.340 e. The molecule has 1 aromatic rings. The molecule has 4 heteroatoms. The molecule has 0 aromatic heterocycles. The van der Waals surface area contributed by atoms with Crippen LogP contribution in [0.5, 0.6) is 0 Å². The molecule has 2 rings (SSSR count). The molecule has 0 spiro atoms. The lowest BCUT2D eigenvalue weighted by Gasteiger charge is -2.34. The number of likely N-dealkylation sites (N-methyl/N-ethyl adjacent to an activating group) is 1. The number of carbonyl (C=O) groups excluding carboxylic acids is 1. The zero-order valence-electron chi connectivity index (χ0n) is 11.4. The number of carbonyl (C=O) groups is 1. The van der Waals surface area contributed by atoms with E-state index in [1.54, 1.807) is 0 Å². The first kappa shape index (κ1) is 14.4. The lowest BCUT2D eigenvalue weighted by atomic mass is 10.0. The minimum absolute atomic E-state index is 0.205. The van der Waals surface area contributed by atoms with Crippen LogP contribution in [0.3, 0.4) is 0 Å². The van der Waals surface area contributed by atoms with Crippen molar-refractivity contribution in [1.29, 1.82) is 0 Å². The molecule has 3 nitrogen and oxygen atoms in total. The molecule has 1 heterocycles. The summed E-state index contributed by atoms with van der Waals surface area (Å²) in [4.78, 5) is 14.4. The zero-order valence-corrected chi connectivity index (χ0v) is 12.1. The van der Waals surface area contributed by atoms with Gasteiger partial charge in [0.1, 0.15) is 0 Å². The van der Waals surface area contributed by atoms with E-state index in [1.807, 2.05) is 29.2 Å². The molecule has 104 valence electrons. The van der Waals surface area contributed by atoms with Gasteiger partial charge in [0.2, 0.25) is 5.91 Å². The molecule has 0 saturated carbocycles. The number of amides is 1. The number of hydrogen-bond acceptors (Lipinski definition) is 2. The summed E-state index contributed by atoms with van der Waals surface area (Å²) in [5.41, 5.74) is 0.991. The number of rotatable bonds is 4. The summed E-state index contributed by atoms with van der Waals surface area (Å²) in [6.07, 6.45) is 2.54. The van der Waals surface area contributed by atoms with Gasteiger partial charge in [-0.15, -0.1) is 0 Å². The Hall–Kier alpha value is -1.06. The molecule has 0 unspecified atom stereocenters. The minimum Gasteiger partial charge on any atom is -0.340 e. The van der Waals surface area contributed by atoms with E-state index in [-0.39, 0.29) is 5.91 Å². The second-order valence-corrected chi connectivity index (χ2v) is 5.40. The SMILES string of the molecule is CCN(C(=O)Cc1cccc(Cl)c1)C1CCNCC1. The molecule has 1 amide bonds. The van der Waals surface area contributed by atoms with Crippen LogP contribution in [0, 0.1) is 0 Å². The Morgan fingerprint density at radius 2 is 2.16 bits per heavy atom. The molecule has 1 N–H and O–H groups in total. The molecule has 1 aromatic carbocycles. The highest BCUT2D eigenvalue weighted by atomic mass is 35.5. The number of piperidine rings is 1. The number of halogens is 1. The number of nitrogens with one attached hydrogen (secondary N) is 1. The van der Waals surface area contributed by atoms with Crippen molar-refractivity contribution in [3.8, 4) is 0 Å². The van der Waals surface area contributed by atoms with Crippen LogP contribution in [0.1, 0.15) is 25.3 Å². The first-order valence-electron chi connectivity index (χ1n) is 6.95. The fraction of sp³-hybridized carbons (Fsp3) is 0.533. The topological polar surface area (TPSA) is 32.3 Å². The predicted octanol–water partition coefficient (Wildman–Crippen LogP) is 2.48. The van der Waals surface area contributed by atoms with E-state index in [4.69, 9.17) is 11.6 Å². The molecule has 1 aliphatic heterocycles. The van der Waals surface area contributed by atoms with Crippen molar-refractivity contribution >= 4 is 17.5 Å². The summed E-state index contributed by atoms with van der Waals surface area (Å²) >= 11 is 5.96. The molecule has 1 saturated heterocycles. The second-order valence-electron chi connectivity index (χ2n) is 4.97. The number of benzene rings is 1. The van der Waals surface area contributed by atoms with Crippen LogP contribution in [0.2, 0.25) is 5.02 Å². The summed E-state index contributed by atoms with van der Waals surface area (Å²) in [5.74, 6) is 0.205. The van der Waals surface area contributed by atoms with Gasteiger partial charge in [-0.1, -0.05) is 23.7 Å². The van der Waals surface area contributed by atoms with Crippen molar-refractivity contribution in [2.75, 3.05) is 19.6 Å². The number of hydrogen-bond donors (Lipinski definition) is 1. The normalized spacial score (nSPS) is 16.3. The van der Waals surface area contributed by atoms with Crippen molar-refractivity contribution in [2.24, 2.45) is 0 Å². The Morgan fingerprint density at radius 3 is 2.79 bits per heavy atom. The van der Waals surface area contributed by atoms with Gasteiger partial charge in [-0.05, 0) is 50.6 Å². The standard InChI is InChI=1S/C15H21ClN2O/c1-2-18(14-6-8-17-9-7-14)15(19)11-12-4-3-5-13(16)10-12/h3-5,10,14,17H,2,6-9,11H2,1H3. The molecule has 19 heavy (non-hydrogen) atoms. The third-order valence-electron chi connectivity index (χ3n) is 3.65. The Balaban J connectivity index is 2.00. The maximum absolute atomic E-state index is 12.4. The maximum Gasteiger partial charge on any atom is 0.227 e. The van der Waals surface area contributed by atoms with E-state index in [9.17, 15) is 4.79 Å². The monoisotopic (exact) mass is 280 g/mol. The van der Waals surface area contributed by atoms with Crippen LogP contribution < -0.4 is 5.32 Å². The molecule has 0 bridgehead atoms. The summed E-state index contributed by atoms with van der Waals surface area (Å²) in [5, 5.41) is 4.02. The van der Waals surface area contributed by atoms with Gasteiger partial charge >= 0.3 is 0 Å². The summed E-state index contributed by atoms with van der Waals surface area (Å²) in [6, 6.07) is 7.94. The van der Waals surface area contributed by atoms with Crippen LogP contribution in [-0.2, 0) is 11.2 Å². The van der Waals surface area contributed by atoms with E-state index in [2.05, 4.69) is 12.2 Å². The van der Waals surface area contributed by atoms with Crippen LogP contribution in [-0.4, -0.2) is 36.5 Å². The highest BCUT2D eigenvalue weighted by Crippen LogP contribution is 2.16. The van der Waals surface area contributed by atoms with Crippen molar-refractivity contribution in [1.82, 2.24) is 10.2 Å². The van der Waals surface area contributed by atoms with Crippen LogP contribution >= 0.6 is 11.6 Å². The lowest BCUT2D eigenvalue weighted by Crippen LogP contribution is -2.46. The third kappa shape index (κ3) is 3.95. The van der Waals surface area contributed by atoms with Crippen LogP contribution in [0.25, 0.3) is 0 Å². The van der Waals surface area contributed by atoms with Gasteiger partial charge in [0.15, 0.2) is 0 Å². The van der Waals surface area contributed by atoms with Gasteiger partial charge in [0, 0.05) is 17.6 Å². The first-order valence-corrected chi connectivity index (χ1v) is 7.33. The average molecular weight is 281 g/mol. The van der Waals surface area contributed by atoms with E-state index < -0.39 is 0 Å². The minimum atomic E-state index is 0.205. The molecule has 1 aliphatic rings. The van der Waals surface area contributed by atoms with E-state index in [1.165, 1.54) is 0 Å². The quantitative estimate of drug-likeness (QED) is 0.919. The molecule has 0 aliphatic carbocycles. The van der Waals surface area contributed by atoms with E-state index in [0.29, 0.717) is 17.5 Å². The summed E-state index contributed by atoms with van der Waals surface area (Å²) in [6.45, 7) is 4.85. The van der Waals surface area contributed by atoms with Crippen molar-refractivity contribution < 1.29 is 4.79 Å². The Morgan fingerprint density at radius 1 is 1.42 bits per heavy atom. The molecular formula is C15H21ClN2O. The van der Waals surface area contributed by atoms with Gasteiger partial charge in [0.05, 0.1) is 6.42 Å². The zero-order chi connectivity index (χ0) is 13.7. The van der Waals surface area contributed by atoms with Gasteiger partial charge < -0.3 is 10.2 Å². The molecule has 1 fully saturated rings.